The summed E-state index contributed by atoms with van der Waals surface area (Å²) in [6, 6.07) is 0. The van der Waals surface area contributed by atoms with E-state index in [0.717, 1.165) is 53.8 Å². The molecule has 1 N–H and O–H groups in total. The Hall–Kier alpha value is -0.300. The maximum Gasteiger partial charge on any atom is 0.0433 e. The van der Waals surface area contributed by atoms with Gasteiger partial charge < -0.3 is 5.11 Å². The summed E-state index contributed by atoms with van der Waals surface area (Å²) >= 11 is 0. The van der Waals surface area contributed by atoms with Crippen LogP contribution >= 0.6 is 0 Å². The second-order valence-electron chi connectivity index (χ2n) is 6.91. The quantitative estimate of drug-likeness (QED) is 0.585. The van der Waals surface area contributed by atoms with Crippen molar-refractivity contribution in [2.24, 2.45) is 47.3 Å². The minimum absolute atomic E-state index is 0.408. The maximum absolute atomic E-state index is 9.33. The van der Waals surface area contributed by atoms with Gasteiger partial charge in [0, 0.05) is 6.61 Å². The van der Waals surface area contributed by atoms with Crippen molar-refractivity contribution in [3.8, 4) is 0 Å². The first-order valence-electron chi connectivity index (χ1n) is 7.64. The van der Waals surface area contributed by atoms with Crippen LogP contribution in [0.4, 0.5) is 0 Å². The molecule has 4 aliphatic carbocycles. The molecule has 8 atom stereocenters. The lowest BCUT2D eigenvalue weighted by Crippen LogP contribution is -2.37. The van der Waals surface area contributed by atoms with Crippen molar-refractivity contribution in [1.29, 1.82) is 0 Å². The SMILES string of the molecule is CCC1C(CCO)C2CC1C1C3C=CC(C3)C21. The van der Waals surface area contributed by atoms with Crippen LogP contribution in [0, 0.1) is 47.3 Å². The molecule has 4 rings (SSSR count). The molecule has 0 aromatic rings. The predicted molar refractivity (Wildman–Crippen MR) is 68.3 cm³/mol. The summed E-state index contributed by atoms with van der Waals surface area (Å²) in [5.74, 6) is 7.64. The average Bonchev–Trinajstić information content (AvgIpc) is 3.06. The molecule has 0 saturated heterocycles. The van der Waals surface area contributed by atoms with Crippen LogP contribution < -0.4 is 0 Å². The van der Waals surface area contributed by atoms with E-state index < -0.39 is 0 Å². The normalized spacial score (nSPS) is 58.0. The first kappa shape index (κ1) is 10.6. The van der Waals surface area contributed by atoms with Crippen LogP contribution in [0.25, 0.3) is 0 Å². The highest BCUT2D eigenvalue weighted by Crippen LogP contribution is 2.69. The lowest BCUT2D eigenvalue weighted by atomic mass is 9.63. The molecule has 0 heterocycles. The van der Waals surface area contributed by atoms with Gasteiger partial charge in [0.25, 0.3) is 0 Å². The molecule has 3 fully saturated rings. The zero-order valence-electron chi connectivity index (χ0n) is 10.8. The molecule has 4 bridgehead atoms. The van der Waals surface area contributed by atoms with Crippen molar-refractivity contribution in [1.82, 2.24) is 0 Å². The molecule has 3 saturated carbocycles. The van der Waals surface area contributed by atoms with E-state index in [9.17, 15) is 5.11 Å². The average molecular weight is 232 g/mol. The number of fused-ring (bicyclic) bond motifs is 9. The molecule has 0 aromatic carbocycles. The Bertz CT molecular complexity index is 347. The van der Waals surface area contributed by atoms with Crippen LogP contribution in [-0.2, 0) is 0 Å². The minimum Gasteiger partial charge on any atom is -0.396 e. The fraction of sp³-hybridized carbons (Fsp3) is 0.875. The van der Waals surface area contributed by atoms with Crippen LogP contribution in [0.5, 0.6) is 0 Å². The fourth-order valence-electron chi connectivity index (χ4n) is 6.47. The highest BCUT2D eigenvalue weighted by molar-refractivity contribution is 5.21. The van der Waals surface area contributed by atoms with Crippen LogP contribution in [-0.4, -0.2) is 11.7 Å². The Morgan fingerprint density at radius 2 is 1.65 bits per heavy atom. The number of hydrogen-bond acceptors (Lipinski definition) is 1. The number of allylic oxidation sites excluding steroid dienone is 2. The largest absolute Gasteiger partial charge is 0.396 e. The Labute approximate surface area is 104 Å². The van der Waals surface area contributed by atoms with Crippen LogP contribution in [0.2, 0.25) is 0 Å². The summed E-state index contributed by atoms with van der Waals surface area (Å²) in [6.07, 6.45) is 10.4. The first-order chi connectivity index (χ1) is 8.35. The zero-order chi connectivity index (χ0) is 11.6. The Morgan fingerprint density at radius 1 is 1.00 bits per heavy atom. The van der Waals surface area contributed by atoms with E-state index in [2.05, 4.69) is 19.1 Å². The first-order valence-corrected chi connectivity index (χ1v) is 7.64. The lowest BCUT2D eigenvalue weighted by molar-refractivity contribution is 0.0681. The smallest absolute Gasteiger partial charge is 0.0433 e. The van der Waals surface area contributed by atoms with Crippen molar-refractivity contribution < 1.29 is 5.11 Å². The van der Waals surface area contributed by atoms with E-state index in [0.29, 0.717) is 6.61 Å². The van der Waals surface area contributed by atoms with Gasteiger partial charge in [0.05, 0.1) is 0 Å². The van der Waals surface area contributed by atoms with Crippen molar-refractivity contribution in [3.63, 3.8) is 0 Å². The summed E-state index contributed by atoms with van der Waals surface area (Å²) < 4.78 is 0. The van der Waals surface area contributed by atoms with Gasteiger partial charge in [0.2, 0.25) is 0 Å². The number of hydrogen-bond donors (Lipinski definition) is 1. The molecule has 0 radical (unpaired) electrons. The van der Waals surface area contributed by atoms with Gasteiger partial charge >= 0.3 is 0 Å². The van der Waals surface area contributed by atoms with E-state index in [4.69, 9.17) is 0 Å². The summed E-state index contributed by atoms with van der Waals surface area (Å²) in [5, 5.41) is 9.33. The highest BCUT2D eigenvalue weighted by atomic mass is 16.3. The fourth-order valence-corrected chi connectivity index (χ4v) is 6.47. The van der Waals surface area contributed by atoms with E-state index in [-0.39, 0.29) is 0 Å². The second-order valence-corrected chi connectivity index (χ2v) is 6.91. The van der Waals surface area contributed by atoms with Gasteiger partial charge in [-0.25, -0.2) is 0 Å². The number of aliphatic hydroxyl groups is 1. The van der Waals surface area contributed by atoms with Crippen LogP contribution in [0.15, 0.2) is 12.2 Å². The molecule has 17 heavy (non-hydrogen) atoms. The third-order valence-electron chi connectivity index (χ3n) is 6.70. The summed E-state index contributed by atoms with van der Waals surface area (Å²) in [6.45, 7) is 2.78. The summed E-state index contributed by atoms with van der Waals surface area (Å²) in [4.78, 5) is 0. The summed E-state index contributed by atoms with van der Waals surface area (Å²) in [5.41, 5.74) is 0. The third-order valence-corrected chi connectivity index (χ3v) is 6.70. The summed E-state index contributed by atoms with van der Waals surface area (Å²) in [7, 11) is 0. The molecule has 4 aliphatic rings. The van der Waals surface area contributed by atoms with Crippen molar-refractivity contribution in [2.75, 3.05) is 6.61 Å². The van der Waals surface area contributed by atoms with Gasteiger partial charge in [-0.1, -0.05) is 25.5 Å². The van der Waals surface area contributed by atoms with Crippen LogP contribution in [0.1, 0.15) is 32.6 Å². The molecule has 1 heteroatoms. The van der Waals surface area contributed by atoms with Crippen molar-refractivity contribution in [3.05, 3.63) is 12.2 Å². The monoisotopic (exact) mass is 232 g/mol. The van der Waals surface area contributed by atoms with Gasteiger partial charge in [-0.05, 0) is 66.6 Å². The standard InChI is InChI=1S/C16H24O/c1-2-11-12(5-6-17)14-8-13(11)15-9-3-4-10(7-9)16(14)15/h3-4,9-17H,2,5-8H2,1H3. The Balaban J connectivity index is 1.66. The molecular formula is C16H24O. The lowest BCUT2D eigenvalue weighted by Gasteiger charge is -2.41. The van der Waals surface area contributed by atoms with E-state index in [1.54, 1.807) is 0 Å². The van der Waals surface area contributed by atoms with Gasteiger partial charge in [0.1, 0.15) is 0 Å². The van der Waals surface area contributed by atoms with E-state index in [1.165, 1.54) is 19.3 Å². The minimum atomic E-state index is 0.408. The van der Waals surface area contributed by atoms with Crippen LogP contribution in [0.3, 0.4) is 0 Å². The number of rotatable bonds is 3. The molecular weight excluding hydrogens is 208 g/mol. The topological polar surface area (TPSA) is 20.2 Å². The Kier molecular flexibility index (Phi) is 2.25. The van der Waals surface area contributed by atoms with Crippen molar-refractivity contribution >= 4 is 0 Å². The third kappa shape index (κ3) is 1.19. The predicted octanol–water partition coefficient (Wildman–Crippen LogP) is 3.10. The second kappa shape index (κ2) is 3.60. The van der Waals surface area contributed by atoms with Gasteiger partial charge in [-0.15, -0.1) is 0 Å². The molecule has 0 aliphatic heterocycles. The Morgan fingerprint density at radius 3 is 2.24 bits per heavy atom. The molecule has 8 unspecified atom stereocenters. The maximum atomic E-state index is 9.33. The molecule has 0 spiro atoms. The van der Waals surface area contributed by atoms with Gasteiger partial charge in [-0.2, -0.15) is 0 Å². The zero-order valence-corrected chi connectivity index (χ0v) is 10.8. The molecule has 1 nitrogen and oxygen atoms in total. The molecule has 0 aromatic heterocycles. The van der Waals surface area contributed by atoms with Gasteiger partial charge in [-0.3, -0.25) is 0 Å². The van der Waals surface area contributed by atoms with E-state index >= 15 is 0 Å². The highest BCUT2D eigenvalue weighted by Gasteiger charge is 2.63. The molecule has 94 valence electrons. The van der Waals surface area contributed by atoms with E-state index in [1.807, 2.05) is 0 Å². The van der Waals surface area contributed by atoms with Gasteiger partial charge in [0.15, 0.2) is 0 Å². The van der Waals surface area contributed by atoms with Crippen molar-refractivity contribution in [2.45, 2.75) is 32.6 Å². The molecule has 0 amide bonds. The number of aliphatic hydroxyl groups excluding tert-OH is 1.